The first-order valence-electron chi connectivity index (χ1n) is 8.94. The Morgan fingerprint density at radius 2 is 1.38 bits per heavy atom. The van der Waals surface area contributed by atoms with E-state index in [-0.39, 0.29) is 0 Å². The molecule has 0 aromatic heterocycles. The number of unbranched alkanes of at least 4 members (excludes halogenated alkanes) is 9. The minimum absolute atomic E-state index is 0.552. The van der Waals surface area contributed by atoms with Gasteiger partial charge in [0.25, 0.3) is 0 Å². The van der Waals surface area contributed by atoms with Gasteiger partial charge in [-0.2, -0.15) is 5.48 Å². The van der Waals surface area contributed by atoms with E-state index in [1.54, 1.807) is 0 Å². The lowest BCUT2D eigenvalue weighted by molar-refractivity contribution is -0.0636. The highest BCUT2D eigenvalue weighted by atomic mass is 16.7. The third-order valence-corrected chi connectivity index (χ3v) is 3.54. The van der Waals surface area contributed by atoms with Gasteiger partial charge in [-0.05, 0) is 13.3 Å². The van der Waals surface area contributed by atoms with E-state index in [0.717, 1.165) is 13.0 Å². The molecule has 0 aromatic carbocycles. The van der Waals surface area contributed by atoms with Crippen LogP contribution in [-0.4, -0.2) is 31.2 Å². The topological polar surface area (TPSA) is 50.7 Å². The molecule has 0 spiro atoms. The minimum atomic E-state index is -0.627. The molecule has 0 radical (unpaired) electrons. The molecule has 4 nitrogen and oxygen atoms in total. The highest BCUT2D eigenvalue weighted by molar-refractivity contribution is 4.48. The fraction of sp³-hybridized carbons (Fsp3) is 1.00. The maximum absolute atomic E-state index is 9.44. The predicted molar refractivity (Wildman–Crippen MR) is 88.0 cm³/mol. The molecule has 0 aliphatic rings. The number of hydrogen-bond donors (Lipinski definition) is 2. The summed E-state index contributed by atoms with van der Waals surface area (Å²) in [5, 5.41) is 9.44. The van der Waals surface area contributed by atoms with E-state index in [9.17, 15) is 5.11 Å². The molecule has 0 fully saturated rings. The fourth-order valence-corrected chi connectivity index (χ4v) is 2.23. The summed E-state index contributed by atoms with van der Waals surface area (Å²) in [6.45, 7) is 6.08. The molecule has 0 amide bonds. The van der Waals surface area contributed by atoms with E-state index in [1.807, 2.05) is 6.92 Å². The zero-order chi connectivity index (χ0) is 15.6. The zero-order valence-corrected chi connectivity index (χ0v) is 14.2. The number of rotatable bonds is 17. The molecule has 0 bridgehead atoms. The number of aliphatic hydroxyl groups is 1. The Bertz CT molecular complexity index is 191. The van der Waals surface area contributed by atoms with Crippen molar-refractivity contribution in [2.24, 2.45) is 0 Å². The van der Waals surface area contributed by atoms with Crippen LogP contribution in [-0.2, 0) is 9.57 Å². The van der Waals surface area contributed by atoms with E-state index in [4.69, 9.17) is 9.57 Å². The van der Waals surface area contributed by atoms with Crippen molar-refractivity contribution in [3.05, 3.63) is 0 Å². The molecule has 2 N–H and O–H groups in total. The first kappa shape index (κ1) is 20.8. The van der Waals surface area contributed by atoms with Gasteiger partial charge in [-0.15, -0.1) is 0 Å². The first-order chi connectivity index (χ1) is 10.3. The second kappa shape index (κ2) is 17.9. The molecule has 0 aromatic rings. The lowest BCUT2D eigenvalue weighted by Gasteiger charge is -2.11. The molecule has 21 heavy (non-hydrogen) atoms. The summed E-state index contributed by atoms with van der Waals surface area (Å²) in [4.78, 5) is 4.90. The summed E-state index contributed by atoms with van der Waals surface area (Å²) in [5.74, 6) is 0. The second-order valence-corrected chi connectivity index (χ2v) is 5.65. The Balaban J connectivity index is 3.02. The largest absolute Gasteiger partial charge is 0.381 e. The van der Waals surface area contributed by atoms with Gasteiger partial charge in [0.05, 0.1) is 13.2 Å². The van der Waals surface area contributed by atoms with Gasteiger partial charge in [-0.25, -0.2) is 0 Å². The summed E-state index contributed by atoms with van der Waals surface area (Å²) in [6, 6.07) is 0. The predicted octanol–water partition coefficient (Wildman–Crippen LogP) is 4.17. The lowest BCUT2D eigenvalue weighted by Crippen LogP contribution is -2.30. The number of hydrogen-bond acceptors (Lipinski definition) is 4. The monoisotopic (exact) mass is 303 g/mol. The van der Waals surface area contributed by atoms with Crippen molar-refractivity contribution >= 4 is 0 Å². The normalized spacial score (nSPS) is 12.7. The molecular formula is C17H37NO3. The first-order valence-corrected chi connectivity index (χ1v) is 8.94. The third kappa shape index (κ3) is 17.8. The van der Waals surface area contributed by atoms with E-state index >= 15 is 0 Å². The van der Waals surface area contributed by atoms with E-state index in [2.05, 4.69) is 12.4 Å². The van der Waals surface area contributed by atoms with Gasteiger partial charge in [-0.1, -0.05) is 64.7 Å². The minimum Gasteiger partial charge on any atom is -0.381 e. The molecule has 1 atom stereocenters. The zero-order valence-electron chi connectivity index (χ0n) is 14.2. The van der Waals surface area contributed by atoms with Crippen molar-refractivity contribution in [1.29, 1.82) is 0 Å². The number of hydroxylamine groups is 1. The van der Waals surface area contributed by atoms with Crippen LogP contribution in [0.2, 0.25) is 0 Å². The summed E-state index contributed by atoms with van der Waals surface area (Å²) < 4.78 is 5.50. The van der Waals surface area contributed by atoms with Gasteiger partial charge in [0.1, 0.15) is 6.23 Å². The molecule has 0 aliphatic heterocycles. The average Bonchev–Trinajstić information content (AvgIpc) is 2.49. The summed E-state index contributed by atoms with van der Waals surface area (Å²) in [6.07, 6.45) is 13.4. The van der Waals surface area contributed by atoms with Gasteiger partial charge in [0.15, 0.2) is 0 Å². The van der Waals surface area contributed by atoms with Gasteiger partial charge in [-0.3, -0.25) is 4.84 Å². The van der Waals surface area contributed by atoms with Crippen molar-refractivity contribution in [3.8, 4) is 0 Å². The van der Waals surface area contributed by atoms with Crippen LogP contribution < -0.4 is 5.48 Å². The van der Waals surface area contributed by atoms with Crippen LogP contribution in [0.3, 0.4) is 0 Å². The molecule has 128 valence electrons. The van der Waals surface area contributed by atoms with Crippen LogP contribution in [0.1, 0.15) is 84.5 Å². The van der Waals surface area contributed by atoms with E-state index in [1.165, 1.54) is 57.8 Å². The maximum atomic E-state index is 9.44. The van der Waals surface area contributed by atoms with Gasteiger partial charge in [0.2, 0.25) is 0 Å². The van der Waals surface area contributed by atoms with Crippen LogP contribution in [0.4, 0.5) is 0 Å². The number of ether oxygens (including phenoxy) is 1. The Kier molecular flexibility index (Phi) is 17.8. The van der Waals surface area contributed by atoms with Crippen LogP contribution in [0.25, 0.3) is 0 Å². The van der Waals surface area contributed by atoms with Crippen LogP contribution in [0.15, 0.2) is 0 Å². The van der Waals surface area contributed by atoms with Crippen LogP contribution in [0, 0.1) is 0 Å². The Hall–Kier alpha value is -0.160. The SMILES string of the molecule is CCCCCCCCCCCCOCCC(O)NOCC. The third-order valence-electron chi connectivity index (χ3n) is 3.54. The Morgan fingerprint density at radius 3 is 1.95 bits per heavy atom. The van der Waals surface area contributed by atoms with E-state index in [0.29, 0.717) is 19.6 Å². The fourth-order valence-electron chi connectivity index (χ4n) is 2.23. The second-order valence-electron chi connectivity index (χ2n) is 5.65. The summed E-state index contributed by atoms with van der Waals surface area (Å²) in [7, 11) is 0. The van der Waals surface area contributed by atoms with Crippen molar-refractivity contribution < 1.29 is 14.7 Å². The van der Waals surface area contributed by atoms with E-state index < -0.39 is 6.23 Å². The molecular weight excluding hydrogens is 266 g/mol. The number of aliphatic hydroxyl groups excluding tert-OH is 1. The lowest BCUT2D eigenvalue weighted by atomic mass is 10.1. The standard InChI is InChI=1S/C17H37NO3/c1-3-5-6-7-8-9-10-11-12-13-15-20-16-14-17(19)18-21-4-2/h17-19H,3-16H2,1-2H3. The molecule has 0 saturated carbocycles. The molecule has 0 saturated heterocycles. The maximum Gasteiger partial charge on any atom is 0.129 e. The van der Waals surface area contributed by atoms with Crippen molar-refractivity contribution in [2.45, 2.75) is 90.7 Å². The summed E-state index contributed by atoms with van der Waals surface area (Å²) in [5.41, 5.74) is 2.55. The van der Waals surface area contributed by atoms with Crippen LogP contribution in [0.5, 0.6) is 0 Å². The highest BCUT2D eigenvalue weighted by Gasteiger charge is 2.01. The van der Waals surface area contributed by atoms with Crippen molar-refractivity contribution in [1.82, 2.24) is 5.48 Å². The Morgan fingerprint density at radius 1 is 0.810 bits per heavy atom. The van der Waals surface area contributed by atoms with Crippen molar-refractivity contribution in [3.63, 3.8) is 0 Å². The summed E-state index contributed by atoms with van der Waals surface area (Å²) >= 11 is 0. The highest BCUT2D eigenvalue weighted by Crippen LogP contribution is 2.10. The number of nitrogens with one attached hydrogen (secondary N) is 1. The Labute approximate surface area is 131 Å². The molecule has 0 heterocycles. The van der Waals surface area contributed by atoms with Crippen molar-refractivity contribution in [2.75, 3.05) is 19.8 Å². The average molecular weight is 303 g/mol. The van der Waals surface area contributed by atoms with Gasteiger partial charge < -0.3 is 9.84 Å². The van der Waals surface area contributed by atoms with Gasteiger partial charge >= 0.3 is 0 Å². The smallest absolute Gasteiger partial charge is 0.129 e. The van der Waals surface area contributed by atoms with Gasteiger partial charge in [0, 0.05) is 13.0 Å². The molecule has 1 unspecified atom stereocenters. The molecule has 0 rings (SSSR count). The quantitative estimate of drug-likeness (QED) is 0.240. The van der Waals surface area contributed by atoms with Crippen LogP contribution >= 0.6 is 0 Å². The molecule has 4 heteroatoms. The molecule has 0 aliphatic carbocycles.